The molecule has 0 aromatic carbocycles. The van der Waals surface area contributed by atoms with Gasteiger partial charge in [-0.15, -0.1) is 4.89 Å². The van der Waals surface area contributed by atoms with Crippen LogP contribution in [0.2, 0.25) is 0 Å². The second-order valence-electron chi connectivity index (χ2n) is 2.25. The normalized spacial score (nSPS) is 13.6. The molecule has 0 spiro atoms. The smallest absolute Gasteiger partial charge is 0.566 e. The first-order valence-corrected chi connectivity index (χ1v) is 5.73. The monoisotopic (exact) mass is 323 g/mol. The van der Waals surface area contributed by atoms with Crippen LogP contribution >= 0.6 is 16.5 Å². The molecule has 0 aromatic heterocycles. The quantitative estimate of drug-likeness (QED) is 0.230. The summed E-state index contributed by atoms with van der Waals surface area (Å²) in [5.74, 6) is -2.61. The third-order valence-electron chi connectivity index (χ3n) is 1.13. The number of nitrogens with two attached hydrogens (primary N) is 1. The SMILES string of the molecule is NCCCC(O)(O[P+](=O)[O-])O[P+](=O)O.O.O.O.[Na+]. The van der Waals surface area contributed by atoms with Crippen LogP contribution in [0.15, 0.2) is 0 Å². The van der Waals surface area contributed by atoms with E-state index in [1.807, 2.05) is 0 Å². The molecule has 0 aliphatic heterocycles. The van der Waals surface area contributed by atoms with Crippen molar-refractivity contribution < 1.29 is 79.1 Å². The zero-order valence-corrected chi connectivity index (χ0v) is 13.3. The number of rotatable bonds is 7. The van der Waals surface area contributed by atoms with E-state index >= 15 is 0 Å². The summed E-state index contributed by atoms with van der Waals surface area (Å²) in [5.41, 5.74) is 5.09. The molecule has 0 saturated heterocycles. The Morgan fingerprint density at radius 1 is 1.22 bits per heavy atom. The van der Waals surface area contributed by atoms with Crippen molar-refractivity contribution in [1.82, 2.24) is 0 Å². The van der Waals surface area contributed by atoms with E-state index in [-0.39, 0.29) is 65.4 Å². The van der Waals surface area contributed by atoms with Crippen LogP contribution in [-0.2, 0) is 18.2 Å². The fourth-order valence-electron chi connectivity index (χ4n) is 0.672. The topological polar surface area (TPSA) is 237 Å². The van der Waals surface area contributed by atoms with Crippen LogP contribution in [0, 0.1) is 0 Å². The Balaban J connectivity index is -0.000000141. The van der Waals surface area contributed by atoms with Crippen molar-refractivity contribution in [2.75, 3.05) is 6.54 Å². The third-order valence-corrected chi connectivity index (χ3v) is 2.01. The van der Waals surface area contributed by atoms with Crippen molar-refractivity contribution in [2.24, 2.45) is 5.73 Å². The Kier molecular flexibility index (Phi) is 27.6. The van der Waals surface area contributed by atoms with Gasteiger partial charge in [0.05, 0.1) is 0 Å². The molecule has 0 heterocycles. The van der Waals surface area contributed by atoms with Crippen LogP contribution < -0.4 is 40.2 Å². The standard InChI is InChI=1S/C4H9NO7P2.Na.3H2O/c5-3-1-2-4(6,11-13(7)8)12-14(9)10;;;;/h6H,1-3,5H2;;3*1H2/q;+1;;;/p+1. The van der Waals surface area contributed by atoms with Gasteiger partial charge in [0.15, 0.2) is 0 Å². The van der Waals surface area contributed by atoms with Crippen LogP contribution in [0.4, 0.5) is 0 Å². The fourth-order valence-corrected chi connectivity index (χ4v) is 1.46. The van der Waals surface area contributed by atoms with Gasteiger partial charge in [-0.3, -0.25) is 0 Å². The average Bonchev–Trinajstić information content (AvgIpc) is 1.97. The molecule has 0 saturated carbocycles. The van der Waals surface area contributed by atoms with Gasteiger partial charge in [0.25, 0.3) is 0 Å². The summed E-state index contributed by atoms with van der Waals surface area (Å²) in [6.45, 7) is 0.146. The number of aliphatic hydroxyl groups is 1. The van der Waals surface area contributed by atoms with Gasteiger partial charge in [0, 0.05) is 11.0 Å². The van der Waals surface area contributed by atoms with Gasteiger partial charge in [0.1, 0.15) is 0 Å². The van der Waals surface area contributed by atoms with Gasteiger partial charge >= 0.3 is 52.0 Å². The van der Waals surface area contributed by atoms with Gasteiger partial charge in [-0.25, -0.2) is 0 Å². The summed E-state index contributed by atoms with van der Waals surface area (Å²) in [5, 5.41) is 9.26. The Morgan fingerprint density at radius 2 is 1.67 bits per heavy atom. The summed E-state index contributed by atoms with van der Waals surface area (Å²) in [4.78, 5) is 18.4. The van der Waals surface area contributed by atoms with Gasteiger partial charge in [-0.05, 0) is 22.1 Å². The van der Waals surface area contributed by atoms with Crippen LogP contribution in [0.1, 0.15) is 12.8 Å². The van der Waals surface area contributed by atoms with E-state index in [1.165, 1.54) is 0 Å². The summed E-state index contributed by atoms with van der Waals surface area (Å²) >= 11 is 0. The molecule has 3 atom stereocenters. The van der Waals surface area contributed by atoms with E-state index in [1.54, 1.807) is 0 Å². The molecule has 10 N–H and O–H groups in total. The summed E-state index contributed by atoms with van der Waals surface area (Å²) in [6, 6.07) is 0. The largest absolute Gasteiger partial charge is 1.00 e. The summed E-state index contributed by atoms with van der Waals surface area (Å²) < 4.78 is 28.3. The van der Waals surface area contributed by atoms with Gasteiger partial charge < -0.3 is 32.2 Å². The molecule has 11 nitrogen and oxygen atoms in total. The molecular weight excluding hydrogens is 307 g/mol. The molecule has 106 valence electrons. The average molecular weight is 323 g/mol. The maximum atomic E-state index is 10.2. The van der Waals surface area contributed by atoms with Crippen LogP contribution in [0.5, 0.6) is 0 Å². The second-order valence-corrected chi connectivity index (χ2v) is 3.54. The summed E-state index contributed by atoms with van der Waals surface area (Å²) in [6.07, 6.45) is -0.155. The van der Waals surface area contributed by atoms with E-state index in [0.717, 1.165) is 0 Å². The molecule has 14 heteroatoms. The minimum Gasteiger partial charge on any atom is -0.566 e. The maximum Gasteiger partial charge on any atom is 1.00 e. The van der Waals surface area contributed by atoms with Gasteiger partial charge in [-0.1, -0.05) is 4.52 Å². The van der Waals surface area contributed by atoms with Crippen molar-refractivity contribution in [1.29, 1.82) is 0 Å². The van der Waals surface area contributed by atoms with E-state index in [4.69, 9.17) is 10.6 Å². The zero-order chi connectivity index (χ0) is 11.2. The molecule has 0 radical (unpaired) electrons. The van der Waals surface area contributed by atoms with Gasteiger partial charge in [-0.2, -0.15) is 0 Å². The minimum absolute atomic E-state index is 0. The fraction of sp³-hybridized carbons (Fsp3) is 1.00. The predicted octanol–water partition coefficient (Wildman–Crippen LogP) is -6.40. The maximum absolute atomic E-state index is 10.2. The Labute approximate surface area is 126 Å². The molecule has 0 amide bonds. The van der Waals surface area contributed by atoms with E-state index in [9.17, 15) is 19.1 Å². The van der Waals surface area contributed by atoms with Gasteiger partial charge in [0.2, 0.25) is 0 Å². The molecular formula is C4H16NNaO10P2+2. The molecule has 0 fully saturated rings. The van der Waals surface area contributed by atoms with E-state index in [2.05, 4.69) is 9.05 Å². The molecule has 0 bridgehead atoms. The Hall–Kier alpha value is 0.840. The van der Waals surface area contributed by atoms with Crippen molar-refractivity contribution in [3.8, 4) is 0 Å². The molecule has 18 heavy (non-hydrogen) atoms. The third kappa shape index (κ3) is 16.8. The van der Waals surface area contributed by atoms with Crippen molar-refractivity contribution in [2.45, 2.75) is 18.8 Å². The Morgan fingerprint density at radius 3 is 1.94 bits per heavy atom. The predicted molar refractivity (Wildman–Crippen MR) is 53.7 cm³/mol. The molecule has 0 rings (SSSR count). The molecule has 0 aromatic rings. The van der Waals surface area contributed by atoms with Crippen LogP contribution in [0.25, 0.3) is 0 Å². The van der Waals surface area contributed by atoms with Crippen LogP contribution in [0.3, 0.4) is 0 Å². The number of hydrogen-bond acceptors (Lipinski definition) is 7. The first-order valence-electron chi connectivity index (χ1n) is 3.51. The molecule has 3 unspecified atom stereocenters. The zero-order valence-electron chi connectivity index (χ0n) is 9.53. The van der Waals surface area contributed by atoms with E-state index in [0.29, 0.717) is 0 Å². The Bertz CT molecular complexity index is 214. The van der Waals surface area contributed by atoms with Crippen molar-refractivity contribution in [3.05, 3.63) is 0 Å². The second kappa shape index (κ2) is 15.9. The van der Waals surface area contributed by atoms with Crippen molar-refractivity contribution >= 4 is 16.5 Å². The van der Waals surface area contributed by atoms with E-state index < -0.39 is 22.5 Å². The first kappa shape index (κ1) is 31.3. The summed E-state index contributed by atoms with van der Waals surface area (Å²) in [7, 11) is -6.56. The molecule has 0 aliphatic rings. The van der Waals surface area contributed by atoms with Crippen LogP contribution in [-0.4, -0.2) is 38.9 Å². The molecule has 0 aliphatic carbocycles. The number of hydrogen-bond donors (Lipinski definition) is 3. The van der Waals surface area contributed by atoms with Crippen molar-refractivity contribution in [3.63, 3.8) is 0 Å². The minimum atomic E-state index is -3.39. The first-order chi connectivity index (χ1) is 6.39.